The van der Waals surface area contributed by atoms with Crippen molar-refractivity contribution >= 4 is 57.5 Å². The Kier molecular flexibility index (Phi) is 4.91. The van der Waals surface area contributed by atoms with Crippen molar-refractivity contribution in [3.63, 3.8) is 0 Å². The second kappa shape index (κ2) is 6.92. The average Bonchev–Trinajstić information content (AvgIpc) is 2.51. The van der Waals surface area contributed by atoms with Crippen molar-refractivity contribution in [2.24, 2.45) is 0 Å². The van der Waals surface area contributed by atoms with Crippen molar-refractivity contribution in [2.75, 3.05) is 10.6 Å². The largest absolute Gasteiger partial charge is 0.326 e. The summed E-state index contributed by atoms with van der Waals surface area (Å²) in [5.74, 6) is -0.274. The topological polar surface area (TPSA) is 58.2 Å². The predicted octanol–water partition coefficient (Wildman–Crippen LogP) is 4.04. The van der Waals surface area contributed by atoms with Crippen molar-refractivity contribution in [3.05, 3.63) is 51.6 Å². The smallest absolute Gasteiger partial charge is 0.238 e. The summed E-state index contributed by atoms with van der Waals surface area (Å²) < 4.78 is 1.12. The number of anilines is 2. The molecule has 1 atom stereocenters. The lowest BCUT2D eigenvalue weighted by Crippen LogP contribution is -2.32. The lowest BCUT2D eigenvalue weighted by atomic mass is 10.2. The molecule has 3 rings (SSSR count). The molecule has 23 heavy (non-hydrogen) atoms. The highest BCUT2D eigenvalue weighted by molar-refractivity contribution is 14.1. The van der Waals surface area contributed by atoms with E-state index in [1.54, 1.807) is 0 Å². The quantitative estimate of drug-likeness (QED) is 0.712. The van der Waals surface area contributed by atoms with Gasteiger partial charge in [0.25, 0.3) is 0 Å². The molecule has 1 heterocycles. The molecule has 2 N–H and O–H groups in total. The summed E-state index contributed by atoms with van der Waals surface area (Å²) in [6.45, 7) is 1.95. The summed E-state index contributed by atoms with van der Waals surface area (Å²) in [4.78, 5) is 25.4. The van der Waals surface area contributed by atoms with Gasteiger partial charge in [0.2, 0.25) is 11.8 Å². The zero-order valence-corrected chi connectivity index (χ0v) is 15.4. The minimum atomic E-state index is -0.408. The summed E-state index contributed by atoms with van der Waals surface area (Å²) in [6.07, 6.45) is 0.149. The molecule has 118 valence electrons. The number of amides is 2. The van der Waals surface area contributed by atoms with Crippen LogP contribution < -0.4 is 10.6 Å². The molecule has 0 saturated carbocycles. The fourth-order valence-electron chi connectivity index (χ4n) is 2.36. The summed E-state index contributed by atoms with van der Waals surface area (Å²) in [5, 5.41) is 5.34. The number of hydrogen-bond acceptors (Lipinski definition) is 3. The van der Waals surface area contributed by atoms with Crippen LogP contribution in [0.4, 0.5) is 11.4 Å². The van der Waals surface area contributed by atoms with E-state index < -0.39 is 5.25 Å². The molecule has 2 aromatic carbocycles. The maximum Gasteiger partial charge on any atom is 0.238 e. The molecule has 2 aromatic rings. The van der Waals surface area contributed by atoms with Crippen LogP contribution in [0.3, 0.4) is 0 Å². The van der Waals surface area contributed by atoms with Gasteiger partial charge < -0.3 is 10.6 Å². The highest BCUT2D eigenvalue weighted by Gasteiger charge is 2.28. The lowest BCUT2D eigenvalue weighted by Gasteiger charge is -2.23. The maximum absolute atomic E-state index is 12.3. The molecule has 4 nitrogen and oxygen atoms in total. The van der Waals surface area contributed by atoms with Crippen molar-refractivity contribution < 1.29 is 9.59 Å². The second-order valence-corrected chi connectivity index (χ2v) is 7.79. The number of hydrogen-bond donors (Lipinski definition) is 2. The molecule has 0 bridgehead atoms. The number of benzene rings is 2. The Morgan fingerprint density at radius 1 is 1.30 bits per heavy atom. The summed E-state index contributed by atoms with van der Waals surface area (Å²) in [7, 11) is 0. The van der Waals surface area contributed by atoms with E-state index in [0.717, 1.165) is 25.4 Å². The Labute approximate surface area is 152 Å². The molecular formula is C17H15IN2O2S. The van der Waals surface area contributed by atoms with Crippen LogP contribution in [-0.4, -0.2) is 17.1 Å². The van der Waals surface area contributed by atoms with E-state index >= 15 is 0 Å². The van der Waals surface area contributed by atoms with Gasteiger partial charge in [0.1, 0.15) is 0 Å². The monoisotopic (exact) mass is 438 g/mol. The SMILES string of the molecule is Cc1cc(I)ccc1NC(=O)CC1Sc2ccccc2NC1=O. The van der Waals surface area contributed by atoms with E-state index in [9.17, 15) is 9.59 Å². The first-order valence-corrected chi connectivity index (χ1v) is 9.11. The molecule has 0 fully saturated rings. The number of aryl methyl sites for hydroxylation is 1. The number of para-hydroxylation sites is 1. The van der Waals surface area contributed by atoms with Gasteiger partial charge >= 0.3 is 0 Å². The number of carbonyl (C=O) groups is 2. The Balaban J connectivity index is 1.67. The van der Waals surface area contributed by atoms with E-state index in [2.05, 4.69) is 33.2 Å². The molecule has 0 aromatic heterocycles. The molecule has 0 saturated heterocycles. The Morgan fingerprint density at radius 2 is 2.09 bits per heavy atom. The molecule has 0 aliphatic carbocycles. The van der Waals surface area contributed by atoms with Crippen molar-refractivity contribution in [1.29, 1.82) is 0 Å². The van der Waals surface area contributed by atoms with Crippen molar-refractivity contribution in [3.8, 4) is 0 Å². The van der Waals surface area contributed by atoms with Gasteiger partial charge in [-0.15, -0.1) is 11.8 Å². The number of rotatable bonds is 3. The number of halogens is 1. The second-order valence-electron chi connectivity index (χ2n) is 5.30. The Bertz CT molecular complexity index is 779. The molecule has 1 unspecified atom stereocenters. The van der Waals surface area contributed by atoms with Crippen LogP contribution in [0.25, 0.3) is 0 Å². The molecule has 6 heteroatoms. The maximum atomic E-state index is 12.3. The summed E-state index contributed by atoms with van der Waals surface area (Å²) in [5.41, 5.74) is 2.61. The predicted molar refractivity (Wildman–Crippen MR) is 102 cm³/mol. The standard InChI is InChI=1S/C17H15IN2O2S/c1-10-8-11(18)6-7-12(10)19-16(21)9-15-17(22)20-13-4-2-3-5-14(13)23-15/h2-8,15H,9H2,1H3,(H,19,21)(H,20,22). The molecule has 2 amide bonds. The first-order chi connectivity index (χ1) is 11.0. The van der Waals surface area contributed by atoms with Crippen LogP contribution in [0.2, 0.25) is 0 Å². The van der Waals surface area contributed by atoms with E-state index in [0.29, 0.717) is 0 Å². The third kappa shape index (κ3) is 3.87. The van der Waals surface area contributed by atoms with Gasteiger partial charge in [-0.25, -0.2) is 0 Å². The van der Waals surface area contributed by atoms with Crippen LogP contribution in [0, 0.1) is 10.5 Å². The Hall–Kier alpha value is -1.54. The van der Waals surface area contributed by atoms with Gasteiger partial charge in [-0.2, -0.15) is 0 Å². The third-order valence-electron chi connectivity index (χ3n) is 3.54. The minimum Gasteiger partial charge on any atom is -0.326 e. The normalized spacial score (nSPS) is 16.4. The van der Waals surface area contributed by atoms with Crippen LogP contribution in [0.1, 0.15) is 12.0 Å². The molecular weight excluding hydrogens is 423 g/mol. The number of fused-ring (bicyclic) bond motifs is 1. The molecule has 0 radical (unpaired) electrons. The van der Waals surface area contributed by atoms with E-state index in [1.165, 1.54) is 11.8 Å². The molecule has 1 aliphatic rings. The van der Waals surface area contributed by atoms with Crippen molar-refractivity contribution in [1.82, 2.24) is 0 Å². The first-order valence-electron chi connectivity index (χ1n) is 7.15. The van der Waals surface area contributed by atoms with E-state index in [1.807, 2.05) is 49.4 Å². The van der Waals surface area contributed by atoms with Gasteiger partial charge in [-0.1, -0.05) is 12.1 Å². The van der Waals surface area contributed by atoms with Crippen LogP contribution in [0.5, 0.6) is 0 Å². The third-order valence-corrected chi connectivity index (χ3v) is 5.49. The zero-order valence-electron chi connectivity index (χ0n) is 12.4. The highest BCUT2D eigenvalue weighted by atomic mass is 127. The van der Waals surface area contributed by atoms with E-state index in [4.69, 9.17) is 0 Å². The van der Waals surface area contributed by atoms with Crippen LogP contribution in [0.15, 0.2) is 47.4 Å². The van der Waals surface area contributed by atoms with E-state index in [-0.39, 0.29) is 18.2 Å². The fourth-order valence-corrected chi connectivity index (χ4v) is 4.12. The summed E-state index contributed by atoms with van der Waals surface area (Å²) >= 11 is 3.67. The molecule has 1 aliphatic heterocycles. The zero-order chi connectivity index (χ0) is 16.4. The number of nitrogens with one attached hydrogen (secondary N) is 2. The van der Waals surface area contributed by atoms with Gasteiger partial charge in [0.05, 0.1) is 10.9 Å². The Morgan fingerprint density at radius 3 is 2.87 bits per heavy atom. The number of carbonyl (C=O) groups excluding carboxylic acids is 2. The fraction of sp³-hybridized carbons (Fsp3) is 0.176. The van der Waals surface area contributed by atoms with Crippen LogP contribution in [-0.2, 0) is 9.59 Å². The van der Waals surface area contributed by atoms with Gasteiger partial charge in [0.15, 0.2) is 0 Å². The van der Waals surface area contributed by atoms with Gasteiger partial charge in [-0.3, -0.25) is 9.59 Å². The van der Waals surface area contributed by atoms with Gasteiger partial charge in [-0.05, 0) is 65.4 Å². The first kappa shape index (κ1) is 16.3. The molecule has 0 spiro atoms. The van der Waals surface area contributed by atoms with Crippen molar-refractivity contribution in [2.45, 2.75) is 23.5 Å². The highest BCUT2D eigenvalue weighted by Crippen LogP contribution is 2.36. The summed E-state index contributed by atoms with van der Waals surface area (Å²) in [6, 6.07) is 13.5. The average molecular weight is 438 g/mol. The van der Waals surface area contributed by atoms with Gasteiger partial charge in [0, 0.05) is 20.6 Å². The number of thioether (sulfide) groups is 1. The minimum absolute atomic E-state index is 0.122. The lowest BCUT2D eigenvalue weighted by molar-refractivity contribution is -0.120. The van der Waals surface area contributed by atoms with Crippen LogP contribution >= 0.6 is 34.4 Å².